The van der Waals surface area contributed by atoms with E-state index in [0.717, 1.165) is 37.9 Å². The van der Waals surface area contributed by atoms with E-state index in [1.54, 1.807) is 6.07 Å². The number of likely N-dealkylation sites (N-methyl/N-ethyl adjacent to an activating group) is 1. The fourth-order valence-electron chi connectivity index (χ4n) is 3.41. The number of carbonyl (C=O) groups excluding carboxylic acids is 1. The molecule has 1 heterocycles. The maximum absolute atomic E-state index is 12.7. The smallest absolute Gasteiger partial charge is 0.226 e. The van der Waals surface area contributed by atoms with Gasteiger partial charge in [-0.15, -0.1) is 0 Å². The molecule has 3 nitrogen and oxygen atoms in total. The molecule has 2 aliphatic rings. The highest BCUT2D eigenvalue weighted by molar-refractivity contribution is 6.34. The summed E-state index contributed by atoms with van der Waals surface area (Å²) in [6.45, 7) is 1.77. The van der Waals surface area contributed by atoms with Gasteiger partial charge in [-0.25, -0.2) is 0 Å². The molecule has 0 spiro atoms. The van der Waals surface area contributed by atoms with Gasteiger partial charge in [-0.2, -0.15) is 0 Å². The number of halogens is 2. The van der Waals surface area contributed by atoms with Crippen LogP contribution in [-0.4, -0.2) is 37.0 Å². The molecule has 2 fully saturated rings. The third-order valence-corrected chi connectivity index (χ3v) is 4.96. The molecule has 1 saturated carbocycles. The molecular formula is C16H20Cl2N2O. The topological polar surface area (TPSA) is 32.3 Å². The van der Waals surface area contributed by atoms with E-state index < -0.39 is 0 Å². The SMILES string of the molecule is CNCC1CCCN1C(=O)C1CC1c1cc(Cl)cc(Cl)c1. The first-order chi connectivity index (χ1) is 10.1. The summed E-state index contributed by atoms with van der Waals surface area (Å²) < 4.78 is 0. The molecule has 1 saturated heterocycles. The summed E-state index contributed by atoms with van der Waals surface area (Å²) in [6, 6.07) is 5.95. The summed E-state index contributed by atoms with van der Waals surface area (Å²) in [7, 11) is 1.94. The van der Waals surface area contributed by atoms with Gasteiger partial charge in [0.15, 0.2) is 0 Å². The quantitative estimate of drug-likeness (QED) is 0.920. The van der Waals surface area contributed by atoms with Crippen molar-refractivity contribution in [2.45, 2.75) is 31.2 Å². The van der Waals surface area contributed by atoms with Crippen molar-refractivity contribution < 1.29 is 4.79 Å². The zero-order valence-electron chi connectivity index (χ0n) is 12.1. The first-order valence-electron chi connectivity index (χ1n) is 7.51. The van der Waals surface area contributed by atoms with E-state index in [1.165, 1.54) is 0 Å². The summed E-state index contributed by atoms with van der Waals surface area (Å²) in [4.78, 5) is 14.7. The molecular weight excluding hydrogens is 307 g/mol. The minimum absolute atomic E-state index is 0.108. The van der Waals surface area contributed by atoms with Crippen molar-refractivity contribution in [1.82, 2.24) is 10.2 Å². The molecule has 1 aliphatic heterocycles. The third kappa shape index (κ3) is 3.20. The highest BCUT2D eigenvalue weighted by Crippen LogP contribution is 2.50. The molecule has 0 radical (unpaired) electrons. The average molecular weight is 327 g/mol. The number of nitrogens with one attached hydrogen (secondary N) is 1. The minimum Gasteiger partial charge on any atom is -0.338 e. The van der Waals surface area contributed by atoms with Gasteiger partial charge in [0, 0.05) is 35.1 Å². The lowest BCUT2D eigenvalue weighted by atomic mass is 10.1. The van der Waals surface area contributed by atoms with Crippen LogP contribution in [0.5, 0.6) is 0 Å². The van der Waals surface area contributed by atoms with E-state index in [1.807, 2.05) is 19.2 Å². The number of nitrogens with zero attached hydrogens (tertiary/aromatic N) is 1. The maximum Gasteiger partial charge on any atom is 0.226 e. The van der Waals surface area contributed by atoms with Crippen molar-refractivity contribution >= 4 is 29.1 Å². The largest absolute Gasteiger partial charge is 0.338 e. The first-order valence-corrected chi connectivity index (χ1v) is 8.27. The Morgan fingerprint density at radius 1 is 1.33 bits per heavy atom. The zero-order chi connectivity index (χ0) is 15.0. The van der Waals surface area contributed by atoms with Crippen LogP contribution in [0.3, 0.4) is 0 Å². The molecule has 5 heteroatoms. The maximum atomic E-state index is 12.7. The first kappa shape index (κ1) is 15.1. The Morgan fingerprint density at radius 2 is 2.05 bits per heavy atom. The molecule has 3 rings (SSSR count). The molecule has 114 valence electrons. The van der Waals surface area contributed by atoms with E-state index >= 15 is 0 Å². The molecule has 1 amide bonds. The van der Waals surface area contributed by atoms with Crippen LogP contribution in [0.2, 0.25) is 10.0 Å². The summed E-state index contributed by atoms with van der Waals surface area (Å²) >= 11 is 12.1. The van der Waals surface area contributed by atoms with Crippen LogP contribution in [0.4, 0.5) is 0 Å². The molecule has 1 aliphatic carbocycles. The standard InChI is InChI=1S/C16H20Cl2N2O/c1-19-9-13-3-2-4-20(13)16(21)15-8-14(15)10-5-11(17)7-12(18)6-10/h5-7,13-15,19H,2-4,8-9H2,1H3. The van der Waals surface area contributed by atoms with Gasteiger partial charge in [-0.3, -0.25) is 4.79 Å². The van der Waals surface area contributed by atoms with Crippen molar-refractivity contribution in [3.05, 3.63) is 33.8 Å². The molecule has 3 atom stereocenters. The van der Waals surface area contributed by atoms with Crippen molar-refractivity contribution in [1.29, 1.82) is 0 Å². The van der Waals surface area contributed by atoms with Crippen LogP contribution in [-0.2, 0) is 4.79 Å². The molecule has 0 aromatic heterocycles. The average Bonchev–Trinajstić information content (AvgIpc) is 3.10. The Labute approximate surface area is 135 Å². The van der Waals surface area contributed by atoms with E-state index in [9.17, 15) is 4.79 Å². The van der Waals surface area contributed by atoms with Crippen molar-refractivity contribution in [3.8, 4) is 0 Å². The molecule has 3 unspecified atom stereocenters. The molecule has 0 bridgehead atoms. The lowest BCUT2D eigenvalue weighted by molar-refractivity contribution is -0.133. The van der Waals surface area contributed by atoms with Crippen molar-refractivity contribution in [3.63, 3.8) is 0 Å². The Balaban J connectivity index is 1.68. The number of benzene rings is 1. The predicted octanol–water partition coefficient (Wildman–Crippen LogP) is 3.31. The summed E-state index contributed by atoms with van der Waals surface area (Å²) in [5.74, 6) is 0.690. The van der Waals surface area contributed by atoms with Gasteiger partial charge in [0.2, 0.25) is 5.91 Å². The Morgan fingerprint density at radius 3 is 2.71 bits per heavy atom. The summed E-state index contributed by atoms with van der Waals surface area (Å²) in [6.07, 6.45) is 3.13. The third-order valence-electron chi connectivity index (χ3n) is 4.52. The monoisotopic (exact) mass is 326 g/mol. The zero-order valence-corrected chi connectivity index (χ0v) is 13.6. The minimum atomic E-state index is 0.108. The lowest BCUT2D eigenvalue weighted by Gasteiger charge is -2.24. The molecule has 21 heavy (non-hydrogen) atoms. The van der Waals surface area contributed by atoms with Crippen LogP contribution in [0.15, 0.2) is 18.2 Å². The highest BCUT2D eigenvalue weighted by atomic mass is 35.5. The van der Waals surface area contributed by atoms with Crippen molar-refractivity contribution in [2.24, 2.45) is 5.92 Å². The lowest BCUT2D eigenvalue weighted by Crippen LogP contribution is -2.41. The van der Waals surface area contributed by atoms with E-state index in [-0.39, 0.29) is 11.8 Å². The Kier molecular flexibility index (Phi) is 4.43. The Hall–Kier alpha value is -0.770. The van der Waals surface area contributed by atoms with Gasteiger partial charge < -0.3 is 10.2 Å². The van der Waals surface area contributed by atoms with Crippen LogP contribution in [0.25, 0.3) is 0 Å². The molecule has 1 N–H and O–H groups in total. The van der Waals surface area contributed by atoms with Gasteiger partial charge in [-0.05, 0) is 56.0 Å². The van der Waals surface area contributed by atoms with E-state index in [0.29, 0.717) is 22.0 Å². The van der Waals surface area contributed by atoms with E-state index in [4.69, 9.17) is 23.2 Å². The summed E-state index contributed by atoms with van der Waals surface area (Å²) in [5.41, 5.74) is 1.09. The second kappa shape index (κ2) is 6.15. The van der Waals surface area contributed by atoms with Crippen LogP contribution < -0.4 is 5.32 Å². The fourth-order valence-corrected chi connectivity index (χ4v) is 3.96. The number of carbonyl (C=O) groups is 1. The van der Waals surface area contributed by atoms with Crippen LogP contribution >= 0.6 is 23.2 Å². The van der Waals surface area contributed by atoms with Crippen LogP contribution in [0, 0.1) is 5.92 Å². The summed E-state index contributed by atoms with van der Waals surface area (Å²) in [5, 5.41) is 4.47. The normalized spacial score (nSPS) is 28.0. The number of likely N-dealkylation sites (tertiary alicyclic amines) is 1. The predicted molar refractivity (Wildman–Crippen MR) is 86.0 cm³/mol. The second-order valence-electron chi connectivity index (χ2n) is 6.04. The second-order valence-corrected chi connectivity index (χ2v) is 6.91. The molecule has 1 aromatic carbocycles. The van der Waals surface area contributed by atoms with Gasteiger partial charge in [0.1, 0.15) is 0 Å². The number of hydrogen-bond acceptors (Lipinski definition) is 2. The van der Waals surface area contributed by atoms with E-state index in [2.05, 4.69) is 10.2 Å². The Bertz CT molecular complexity index is 529. The highest BCUT2D eigenvalue weighted by Gasteiger charge is 2.47. The number of amides is 1. The number of hydrogen-bond donors (Lipinski definition) is 1. The van der Waals surface area contributed by atoms with Gasteiger partial charge >= 0.3 is 0 Å². The van der Waals surface area contributed by atoms with Gasteiger partial charge in [-0.1, -0.05) is 23.2 Å². The van der Waals surface area contributed by atoms with Crippen LogP contribution in [0.1, 0.15) is 30.7 Å². The van der Waals surface area contributed by atoms with Crippen molar-refractivity contribution in [2.75, 3.05) is 20.1 Å². The van der Waals surface area contributed by atoms with Gasteiger partial charge in [0.05, 0.1) is 0 Å². The molecule has 1 aromatic rings. The number of rotatable bonds is 4. The fraction of sp³-hybridized carbons (Fsp3) is 0.562. The van der Waals surface area contributed by atoms with Gasteiger partial charge in [0.25, 0.3) is 0 Å².